The molecule has 1 amide bonds. The minimum absolute atomic E-state index is 0.0444. The van der Waals surface area contributed by atoms with E-state index in [1.165, 1.54) is 23.5 Å². The van der Waals surface area contributed by atoms with Crippen molar-refractivity contribution in [3.05, 3.63) is 52.5 Å². The molecule has 1 aromatic heterocycles. The molecule has 0 saturated carbocycles. The van der Waals surface area contributed by atoms with Crippen LogP contribution < -0.4 is 4.72 Å². The SMILES string of the molecule is O=C(c1ccsc1)N1CCN(CCNS(=O)(=O)c2ccc(F)cc2)CC1. The molecule has 1 aromatic carbocycles. The standard InChI is InChI=1S/C17H20FN3O3S2/c18-15-1-3-16(4-2-15)26(23,24)19-6-7-20-8-10-21(11-9-20)17(22)14-5-12-25-13-14/h1-5,12-13,19H,6-11H2. The lowest BCUT2D eigenvalue weighted by Gasteiger charge is -2.34. The molecule has 2 heterocycles. The van der Waals surface area contributed by atoms with Crippen molar-refractivity contribution in [2.75, 3.05) is 39.3 Å². The van der Waals surface area contributed by atoms with E-state index in [4.69, 9.17) is 0 Å². The zero-order chi connectivity index (χ0) is 18.6. The number of piperazine rings is 1. The molecule has 9 heteroatoms. The van der Waals surface area contributed by atoms with Crippen LogP contribution in [0.5, 0.6) is 0 Å². The first-order chi connectivity index (χ1) is 12.5. The summed E-state index contributed by atoms with van der Waals surface area (Å²) in [6.45, 7) is 3.47. The Labute approximate surface area is 156 Å². The lowest BCUT2D eigenvalue weighted by molar-refractivity contribution is 0.0640. The van der Waals surface area contributed by atoms with Crippen LogP contribution in [0.25, 0.3) is 0 Å². The first kappa shape index (κ1) is 19.0. The third kappa shape index (κ3) is 4.67. The smallest absolute Gasteiger partial charge is 0.254 e. The van der Waals surface area contributed by atoms with E-state index in [2.05, 4.69) is 9.62 Å². The van der Waals surface area contributed by atoms with Crippen LogP contribution in [0, 0.1) is 5.82 Å². The Morgan fingerprint density at radius 1 is 1.12 bits per heavy atom. The second-order valence-corrected chi connectivity index (χ2v) is 8.54. The number of halogens is 1. The highest BCUT2D eigenvalue weighted by Gasteiger charge is 2.22. The first-order valence-electron chi connectivity index (χ1n) is 8.25. The molecule has 1 saturated heterocycles. The molecule has 26 heavy (non-hydrogen) atoms. The van der Waals surface area contributed by atoms with Crippen LogP contribution in [0.15, 0.2) is 46.0 Å². The van der Waals surface area contributed by atoms with E-state index >= 15 is 0 Å². The number of carbonyl (C=O) groups is 1. The fourth-order valence-electron chi connectivity index (χ4n) is 2.78. The van der Waals surface area contributed by atoms with E-state index in [-0.39, 0.29) is 17.3 Å². The topological polar surface area (TPSA) is 69.7 Å². The molecule has 6 nitrogen and oxygen atoms in total. The summed E-state index contributed by atoms with van der Waals surface area (Å²) >= 11 is 1.50. The van der Waals surface area contributed by atoms with Crippen LogP contribution in [0.3, 0.4) is 0 Å². The molecule has 1 aliphatic heterocycles. The average molecular weight is 397 g/mol. The summed E-state index contributed by atoms with van der Waals surface area (Å²) in [5, 5.41) is 3.73. The minimum atomic E-state index is -3.64. The fourth-order valence-corrected chi connectivity index (χ4v) is 4.43. The van der Waals surface area contributed by atoms with Gasteiger partial charge in [0.2, 0.25) is 10.0 Å². The van der Waals surface area contributed by atoms with Crippen molar-refractivity contribution < 1.29 is 17.6 Å². The molecule has 1 aliphatic rings. The van der Waals surface area contributed by atoms with Crippen LogP contribution in [0.1, 0.15) is 10.4 Å². The highest BCUT2D eigenvalue weighted by molar-refractivity contribution is 7.89. The van der Waals surface area contributed by atoms with Crippen molar-refractivity contribution in [1.82, 2.24) is 14.5 Å². The molecule has 0 aliphatic carbocycles. The summed E-state index contributed by atoms with van der Waals surface area (Å²) in [7, 11) is -3.64. The van der Waals surface area contributed by atoms with Gasteiger partial charge in [-0.1, -0.05) is 0 Å². The Morgan fingerprint density at radius 3 is 2.42 bits per heavy atom. The van der Waals surface area contributed by atoms with Gasteiger partial charge in [-0.2, -0.15) is 11.3 Å². The van der Waals surface area contributed by atoms with E-state index in [0.717, 1.165) is 17.7 Å². The number of benzene rings is 1. The van der Waals surface area contributed by atoms with Gasteiger partial charge >= 0.3 is 0 Å². The molecule has 1 fully saturated rings. The van der Waals surface area contributed by atoms with E-state index in [9.17, 15) is 17.6 Å². The van der Waals surface area contributed by atoms with Crippen LogP contribution in [-0.4, -0.2) is 63.4 Å². The van der Waals surface area contributed by atoms with Gasteiger partial charge in [0.25, 0.3) is 5.91 Å². The Hall–Kier alpha value is -1.81. The van der Waals surface area contributed by atoms with Crippen molar-refractivity contribution in [1.29, 1.82) is 0 Å². The second kappa shape index (κ2) is 8.26. The van der Waals surface area contributed by atoms with Crippen LogP contribution in [0.2, 0.25) is 0 Å². The Bertz CT molecular complexity index is 831. The number of amides is 1. The summed E-state index contributed by atoms with van der Waals surface area (Å²) < 4.78 is 39.7. The third-order valence-electron chi connectivity index (χ3n) is 4.27. The Balaban J connectivity index is 1.44. The summed E-state index contributed by atoms with van der Waals surface area (Å²) in [5.41, 5.74) is 0.718. The summed E-state index contributed by atoms with van der Waals surface area (Å²) in [5.74, 6) is -0.429. The number of nitrogens with one attached hydrogen (secondary N) is 1. The fraction of sp³-hybridized carbons (Fsp3) is 0.353. The first-order valence-corrected chi connectivity index (χ1v) is 10.7. The summed E-state index contributed by atoms with van der Waals surface area (Å²) in [6.07, 6.45) is 0. The Morgan fingerprint density at radius 2 is 1.81 bits per heavy atom. The van der Waals surface area contributed by atoms with Crippen molar-refractivity contribution >= 4 is 27.3 Å². The normalized spacial score (nSPS) is 16.0. The molecule has 0 unspecified atom stereocenters. The molecule has 3 rings (SSSR count). The minimum Gasteiger partial charge on any atom is -0.336 e. The molecule has 0 spiro atoms. The lowest BCUT2D eigenvalue weighted by Crippen LogP contribution is -2.50. The zero-order valence-electron chi connectivity index (χ0n) is 14.1. The van der Waals surface area contributed by atoms with Gasteiger partial charge < -0.3 is 4.90 Å². The maximum Gasteiger partial charge on any atom is 0.254 e. The van der Waals surface area contributed by atoms with Gasteiger partial charge in [0.1, 0.15) is 5.82 Å². The number of sulfonamides is 1. The summed E-state index contributed by atoms with van der Waals surface area (Å²) in [4.78, 5) is 16.3. The van der Waals surface area contributed by atoms with E-state index in [1.54, 1.807) is 0 Å². The number of hydrogen-bond acceptors (Lipinski definition) is 5. The van der Waals surface area contributed by atoms with Crippen molar-refractivity contribution in [2.45, 2.75) is 4.90 Å². The molecule has 1 N–H and O–H groups in total. The molecular weight excluding hydrogens is 377 g/mol. The largest absolute Gasteiger partial charge is 0.336 e. The third-order valence-corrected chi connectivity index (χ3v) is 6.43. The highest BCUT2D eigenvalue weighted by Crippen LogP contribution is 2.12. The number of thiophene rings is 1. The van der Waals surface area contributed by atoms with Gasteiger partial charge in [-0.25, -0.2) is 17.5 Å². The molecule has 0 bridgehead atoms. The van der Waals surface area contributed by atoms with Crippen molar-refractivity contribution in [2.24, 2.45) is 0 Å². The van der Waals surface area contributed by atoms with Crippen LogP contribution >= 0.6 is 11.3 Å². The van der Waals surface area contributed by atoms with Crippen molar-refractivity contribution in [3.8, 4) is 0 Å². The number of carbonyl (C=O) groups excluding carboxylic acids is 1. The van der Waals surface area contributed by atoms with Crippen molar-refractivity contribution in [3.63, 3.8) is 0 Å². The predicted octanol–water partition coefficient (Wildman–Crippen LogP) is 1.62. The maximum atomic E-state index is 12.9. The molecule has 0 radical (unpaired) electrons. The average Bonchev–Trinajstić information content (AvgIpc) is 3.17. The quantitative estimate of drug-likeness (QED) is 0.804. The predicted molar refractivity (Wildman–Crippen MR) is 98.3 cm³/mol. The second-order valence-electron chi connectivity index (χ2n) is 6.00. The maximum absolute atomic E-state index is 12.9. The number of rotatable bonds is 6. The molecule has 2 aromatic rings. The molecule has 140 valence electrons. The van der Waals surface area contributed by atoms with Crippen LogP contribution in [0.4, 0.5) is 4.39 Å². The number of hydrogen-bond donors (Lipinski definition) is 1. The summed E-state index contributed by atoms with van der Waals surface area (Å²) in [6, 6.07) is 6.55. The van der Waals surface area contributed by atoms with Gasteiger partial charge in [-0.15, -0.1) is 0 Å². The van der Waals surface area contributed by atoms with E-state index in [1.807, 2.05) is 21.7 Å². The van der Waals surface area contributed by atoms with E-state index in [0.29, 0.717) is 32.7 Å². The highest BCUT2D eigenvalue weighted by atomic mass is 32.2. The van der Waals surface area contributed by atoms with E-state index < -0.39 is 15.8 Å². The van der Waals surface area contributed by atoms with Gasteiger partial charge in [-0.05, 0) is 35.7 Å². The lowest BCUT2D eigenvalue weighted by atomic mass is 10.2. The monoisotopic (exact) mass is 397 g/mol. The number of nitrogens with zero attached hydrogens (tertiary/aromatic N) is 2. The van der Waals surface area contributed by atoms with Gasteiger partial charge in [0.15, 0.2) is 0 Å². The van der Waals surface area contributed by atoms with Gasteiger partial charge in [0, 0.05) is 44.6 Å². The molecule has 0 atom stereocenters. The molecular formula is C17H20FN3O3S2. The van der Waals surface area contributed by atoms with Gasteiger partial charge in [0.05, 0.1) is 10.5 Å². The zero-order valence-corrected chi connectivity index (χ0v) is 15.7. The Kier molecular flexibility index (Phi) is 6.02. The van der Waals surface area contributed by atoms with Gasteiger partial charge in [-0.3, -0.25) is 9.69 Å². The van der Waals surface area contributed by atoms with Crippen LogP contribution in [-0.2, 0) is 10.0 Å².